The molecule has 0 spiro atoms. The molecule has 2 atom stereocenters. The topological polar surface area (TPSA) is 56.2 Å². The fourth-order valence-corrected chi connectivity index (χ4v) is 2.45. The summed E-state index contributed by atoms with van der Waals surface area (Å²) in [4.78, 5) is 16.5. The minimum atomic E-state index is -4.46. The number of carbonyl (C=O) groups excluding carboxylic acids is 1. The molecule has 24 heavy (non-hydrogen) atoms. The lowest BCUT2D eigenvalue weighted by Gasteiger charge is -2.19. The first-order chi connectivity index (χ1) is 11.2. The van der Waals surface area contributed by atoms with Crippen LogP contribution in [0, 0.1) is 0 Å². The molecule has 132 valence electrons. The summed E-state index contributed by atoms with van der Waals surface area (Å²) in [6, 6.07) is 7.11. The van der Waals surface area contributed by atoms with E-state index in [4.69, 9.17) is 0 Å². The lowest BCUT2D eigenvalue weighted by molar-refractivity contribution is -0.185. The fourth-order valence-electron chi connectivity index (χ4n) is 2.45. The number of imidazole rings is 1. The summed E-state index contributed by atoms with van der Waals surface area (Å²) in [6.07, 6.45) is -5.66. The van der Waals surface area contributed by atoms with Crippen LogP contribution < -0.4 is 5.32 Å². The highest BCUT2D eigenvalue weighted by Gasteiger charge is 2.30. The number of ether oxygens (including phenoxy) is 1. The average molecular weight is 343 g/mol. The van der Waals surface area contributed by atoms with Gasteiger partial charge in [0.25, 0.3) is 0 Å². The number of carbonyl (C=O) groups is 1. The number of aryl methyl sites for hydroxylation is 1. The number of hydrogen-bond donors (Lipinski definition) is 1. The maximum Gasteiger partial charge on any atom is 0.411 e. The number of nitrogens with one attached hydrogen (secondary N) is 1. The van der Waals surface area contributed by atoms with Gasteiger partial charge < -0.3 is 14.6 Å². The standard InChI is InChI=1S/C16H20F3N3O2/c1-4-22-13-8-6-5-7-12(13)21-14(22)10(2)20-15(23)11(3)24-9-16(17,18)19/h5-8,10-11H,4,9H2,1-3H3,(H,20,23)/t10-,11+/m0/s1. The van der Waals surface area contributed by atoms with Crippen LogP contribution in [0.2, 0.25) is 0 Å². The lowest BCUT2D eigenvalue weighted by atomic mass is 10.2. The van der Waals surface area contributed by atoms with Crippen LogP contribution in [0.1, 0.15) is 32.6 Å². The molecule has 1 heterocycles. The lowest BCUT2D eigenvalue weighted by Crippen LogP contribution is -2.38. The van der Waals surface area contributed by atoms with E-state index in [1.54, 1.807) is 6.92 Å². The third-order valence-electron chi connectivity index (χ3n) is 3.61. The minimum Gasteiger partial charge on any atom is -0.359 e. The molecule has 0 aliphatic rings. The minimum absolute atomic E-state index is 0.457. The van der Waals surface area contributed by atoms with Gasteiger partial charge in [-0.25, -0.2) is 4.98 Å². The molecule has 0 saturated heterocycles. The number of para-hydroxylation sites is 2. The van der Waals surface area contributed by atoms with Crippen molar-refractivity contribution in [1.82, 2.24) is 14.9 Å². The Hall–Kier alpha value is -2.09. The number of rotatable bonds is 6. The zero-order chi connectivity index (χ0) is 17.9. The number of alkyl halides is 3. The number of aromatic nitrogens is 2. The first-order valence-corrected chi connectivity index (χ1v) is 7.66. The molecular weight excluding hydrogens is 323 g/mol. The van der Waals surface area contributed by atoms with E-state index in [-0.39, 0.29) is 0 Å². The number of nitrogens with zero attached hydrogens (tertiary/aromatic N) is 2. The van der Waals surface area contributed by atoms with Gasteiger partial charge >= 0.3 is 6.18 Å². The summed E-state index contributed by atoms with van der Waals surface area (Å²) in [5, 5.41) is 2.65. The molecule has 0 radical (unpaired) electrons. The van der Waals surface area contributed by atoms with Crippen LogP contribution in [0.3, 0.4) is 0 Å². The van der Waals surface area contributed by atoms with Gasteiger partial charge in [-0.3, -0.25) is 4.79 Å². The fraction of sp³-hybridized carbons (Fsp3) is 0.500. The first-order valence-electron chi connectivity index (χ1n) is 7.66. The summed E-state index contributed by atoms with van der Waals surface area (Å²) in [5.74, 6) is 0.0385. The molecule has 2 rings (SSSR count). The summed E-state index contributed by atoms with van der Waals surface area (Å²) >= 11 is 0. The maximum absolute atomic E-state index is 12.2. The highest BCUT2D eigenvalue weighted by atomic mass is 19.4. The molecular formula is C16H20F3N3O2. The number of fused-ring (bicyclic) bond motifs is 1. The molecule has 1 amide bonds. The maximum atomic E-state index is 12.2. The highest BCUT2D eigenvalue weighted by molar-refractivity contribution is 5.81. The van der Waals surface area contributed by atoms with Gasteiger partial charge in [-0.15, -0.1) is 0 Å². The summed E-state index contributed by atoms with van der Waals surface area (Å²) < 4.78 is 43.0. The number of amides is 1. The Labute approximate surface area is 137 Å². The van der Waals surface area contributed by atoms with Crippen molar-refractivity contribution in [2.24, 2.45) is 0 Å². The summed E-state index contributed by atoms with van der Waals surface area (Å²) in [5.41, 5.74) is 1.74. The predicted molar refractivity (Wildman–Crippen MR) is 83.4 cm³/mol. The first kappa shape index (κ1) is 18.3. The quantitative estimate of drug-likeness (QED) is 0.876. The molecule has 0 aliphatic carbocycles. The van der Waals surface area contributed by atoms with Crippen LogP contribution in [0.4, 0.5) is 13.2 Å². The molecule has 0 bridgehead atoms. The molecule has 0 aliphatic heterocycles. The average Bonchev–Trinajstić information content (AvgIpc) is 2.90. The molecule has 0 saturated carbocycles. The van der Waals surface area contributed by atoms with Crippen molar-refractivity contribution >= 4 is 16.9 Å². The SMILES string of the molecule is CCn1c([C@H](C)NC(=O)[C@@H](C)OCC(F)(F)F)nc2ccccc21. The monoisotopic (exact) mass is 343 g/mol. The molecule has 1 aromatic heterocycles. The van der Waals surface area contributed by atoms with E-state index < -0.39 is 30.8 Å². The van der Waals surface area contributed by atoms with E-state index in [1.807, 2.05) is 35.8 Å². The second kappa shape index (κ2) is 7.21. The second-order valence-corrected chi connectivity index (χ2v) is 5.50. The Morgan fingerprint density at radius 2 is 2.00 bits per heavy atom. The van der Waals surface area contributed by atoms with Crippen LogP contribution in [0.5, 0.6) is 0 Å². The zero-order valence-electron chi connectivity index (χ0n) is 13.7. The third-order valence-corrected chi connectivity index (χ3v) is 3.61. The van der Waals surface area contributed by atoms with Gasteiger partial charge in [-0.2, -0.15) is 13.2 Å². The van der Waals surface area contributed by atoms with Crippen LogP contribution in [-0.4, -0.2) is 34.3 Å². The van der Waals surface area contributed by atoms with Crippen LogP contribution in [0.25, 0.3) is 11.0 Å². The van der Waals surface area contributed by atoms with Crippen molar-refractivity contribution in [1.29, 1.82) is 0 Å². The van der Waals surface area contributed by atoms with Gasteiger partial charge in [-0.05, 0) is 32.9 Å². The zero-order valence-corrected chi connectivity index (χ0v) is 13.7. The normalized spacial score (nSPS) is 14.6. The summed E-state index contributed by atoms with van der Waals surface area (Å²) in [6.45, 7) is 4.19. The van der Waals surface area contributed by atoms with Crippen LogP contribution in [0.15, 0.2) is 24.3 Å². The third kappa shape index (κ3) is 4.25. The van der Waals surface area contributed by atoms with Crippen molar-refractivity contribution in [3.05, 3.63) is 30.1 Å². The van der Waals surface area contributed by atoms with Crippen molar-refractivity contribution in [3.8, 4) is 0 Å². The highest BCUT2D eigenvalue weighted by Crippen LogP contribution is 2.21. The van der Waals surface area contributed by atoms with Gasteiger partial charge in [0.15, 0.2) is 0 Å². The predicted octanol–water partition coefficient (Wildman–Crippen LogP) is 3.20. The second-order valence-electron chi connectivity index (χ2n) is 5.50. The molecule has 0 unspecified atom stereocenters. The van der Waals surface area contributed by atoms with Gasteiger partial charge in [0, 0.05) is 6.54 Å². The molecule has 2 aromatic rings. The molecule has 1 aromatic carbocycles. The Morgan fingerprint density at radius 1 is 1.33 bits per heavy atom. The molecule has 0 fully saturated rings. The van der Waals surface area contributed by atoms with E-state index in [0.29, 0.717) is 12.4 Å². The van der Waals surface area contributed by atoms with E-state index in [2.05, 4.69) is 15.0 Å². The summed E-state index contributed by atoms with van der Waals surface area (Å²) in [7, 11) is 0. The van der Waals surface area contributed by atoms with Crippen LogP contribution in [-0.2, 0) is 16.1 Å². The largest absolute Gasteiger partial charge is 0.411 e. The van der Waals surface area contributed by atoms with E-state index in [9.17, 15) is 18.0 Å². The van der Waals surface area contributed by atoms with Crippen molar-refractivity contribution in [3.63, 3.8) is 0 Å². The van der Waals surface area contributed by atoms with Crippen LogP contribution >= 0.6 is 0 Å². The van der Waals surface area contributed by atoms with Crippen molar-refractivity contribution in [2.75, 3.05) is 6.61 Å². The molecule has 5 nitrogen and oxygen atoms in total. The van der Waals surface area contributed by atoms with Gasteiger partial charge in [0.2, 0.25) is 5.91 Å². The number of benzene rings is 1. The van der Waals surface area contributed by atoms with E-state index in [0.717, 1.165) is 11.0 Å². The van der Waals surface area contributed by atoms with E-state index in [1.165, 1.54) is 6.92 Å². The molecule has 8 heteroatoms. The van der Waals surface area contributed by atoms with Crippen molar-refractivity contribution in [2.45, 2.75) is 45.6 Å². The Bertz CT molecular complexity index is 712. The number of halogens is 3. The van der Waals surface area contributed by atoms with Crippen molar-refractivity contribution < 1.29 is 22.7 Å². The Kier molecular flexibility index (Phi) is 5.48. The Morgan fingerprint density at radius 3 is 2.62 bits per heavy atom. The Balaban J connectivity index is 2.09. The van der Waals surface area contributed by atoms with E-state index >= 15 is 0 Å². The van der Waals surface area contributed by atoms with Gasteiger partial charge in [0.1, 0.15) is 18.5 Å². The molecule has 1 N–H and O–H groups in total. The number of hydrogen-bond acceptors (Lipinski definition) is 3. The smallest absolute Gasteiger partial charge is 0.359 e. The van der Waals surface area contributed by atoms with Gasteiger partial charge in [0.05, 0.1) is 17.1 Å². The van der Waals surface area contributed by atoms with Gasteiger partial charge in [-0.1, -0.05) is 12.1 Å².